The fourth-order valence-electron chi connectivity index (χ4n) is 4.38. The summed E-state index contributed by atoms with van der Waals surface area (Å²) in [6.45, 7) is 8.91. The molecule has 4 aromatic rings. The van der Waals surface area contributed by atoms with E-state index < -0.39 is 11.8 Å². The SMILES string of the molecule is Cc1c(-c2ccc(OCCNCCC(C)C)cc2)sc2nc(-c3cccs3)nc(N(C)C3=CC(=O)NC3=O)c12. The number of hydrogen-bond acceptors (Lipinski definition) is 9. The van der Waals surface area contributed by atoms with Crippen LogP contribution in [-0.2, 0) is 9.59 Å². The number of anilines is 1. The standard InChI is InChI=1S/C29H31N5O3S2/c1-17(2)11-12-30-13-14-37-20-9-7-19(8-10-20)25-18(3)24-27(34(4)21-16-23(35)31-28(21)36)32-26(33-29(24)39-25)22-6-5-15-38-22/h5-10,15-17,30H,11-14H2,1-4H3,(H,31,35,36). The first-order chi connectivity index (χ1) is 18.8. The molecule has 1 aliphatic heterocycles. The van der Waals surface area contributed by atoms with Crippen LogP contribution < -0.4 is 20.3 Å². The zero-order chi connectivity index (χ0) is 27.5. The van der Waals surface area contributed by atoms with Crippen molar-refractivity contribution >= 4 is 50.5 Å². The molecule has 0 unspecified atom stereocenters. The maximum absolute atomic E-state index is 12.4. The fourth-order valence-corrected chi connectivity index (χ4v) is 6.21. The monoisotopic (exact) mass is 561 g/mol. The Bertz CT molecular complexity index is 1520. The number of carbonyl (C=O) groups is 2. The molecule has 39 heavy (non-hydrogen) atoms. The first-order valence-corrected chi connectivity index (χ1v) is 14.6. The van der Waals surface area contributed by atoms with Crippen molar-refractivity contribution in [2.24, 2.45) is 5.92 Å². The van der Waals surface area contributed by atoms with Crippen molar-refractivity contribution in [3.63, 3.8) is 0 Å². The maximum atomic E-state index is 12.4. The van der Waals surface area contributed by atoms with E-state index in [1.54, 1.807) is 34.6 Å². The van der Waals surface area contributed by atoms with E-state index in [1.807, 2.05) is 36.6 Å². The highest BCUT2D eigenvalue weighted by Gasteiger charge is 2.28. The summed E-state index contributed by atoms with van der Waals surface area (Å²) in [5.41, 5.74) is 2.32. The van der Waals surface area contributed by atoms with Gasteiger partial charge in [0.15, 0.2) is 5.82 Å². The van der Waals surface area contributed by atoms with Gasteiger partial charge < -0.3 is 15.0 Å². The number of likely N-dealkylation sites (N-methyl/N-ethyl adjacent to an activating group) is 1. The van der Waals surface area contributed by atoms with Gasteiger partial charge in [-0.3, -0.25) is 14.9 Å². The average molecular weight is 562 g/mol. The van der Waals surface area contributed by atoms with Gasteiger partial charge in [0.25, 0.3) is 11.8 Å². The van der Waals surface area contributed by atoms with Crippen molar-refractivity contribution < 1.29 is 14.3 Å². The molecule has 1 aromatic carbocycles. The van der Waals surface area contributed by atoms with Gasteiger partial charge in [0.05, 0.1) is 10.3 Å². The van der Waals surface area contributed by atoms with Gasteiger partial charge in [0.1, 0.15) is 28.7 Å². The Morgan fingerprint density at radius 3 is 2.56 bits per heavy atom. The molecule has 1 aliphatic rings. The number of rotatable bonds is 11. The minimum absolute atomic E-state index is 0.254. The van der Waals surface area contributed by atoms with Crippen molar-refractivity contribution in [2.45, 2.75) is 27.2 Å². The molecule has 8 nitrogen and oxygen atoms in total. The largest absolute Gasteiger partial charge is 0.492 e. The Labute approximate surface area is 235 Å². The van der Waals surface area contributed by atoms with E-state index >= 15 is 0 Å². The zero-order valence-corrected chi connectivity index (χ0v) is 24.0. The molecular weight excluding hydrogens is 530 g/mol. The molecule has 202 valence electrons. The molecule has 4 heterocycles. The van der Waals surface area contributed by atoms with Crippen molar-refractivity contribution in [3.05, 3.63) is 59.1 Å². The number of hydrogen-bond donors (Lipinski definition) is 2. The number of nitrogens with one attached hydrogen (secondary N) is 2. The fraction of sp³-hybridized carbons (Fsp3) is 0.310. The molecule has 2 amide bonds. The number of amides is 2. The highest BCUT2D eigenvalue weighted by molar-refractivity contribution is 7.22. The topological polar surface area (TPSA) is 96.4 Å². The van der Waals surface area contributed by atoms with Crippen LogP contribution in [-0.4, -0.2) is 48.5 Å². The number of aryl methyl sites for hydroxylation is 1. The average Bonchev–Trinajstić information content (AvgIpc) is 3.65. The number of imide groups is 1. The van der Waals surface area contributed by atoms with E-state index in [-0.39, 0.29) is 5.70 Å². The molecule has 0 bridgehead atoms. The summed E-state index contributed by atoms with van der Waals surface area (Å²) in [6, 6.07) is 12.0. The lowest BCUT2D eigenvalue weighted by molar-refractivity contribution is -0.123. The van der Waals surface area contributed by atoms with Crippen LogP contribution in [0.2, 0.25) is 0 Å². The van der Waals surface area contributed by atoms with Crippen LogP contribution in [0, 0.1) is 12.8 Å². The van der Waals surface area contributed by atoms with Gasteiger partial charge in [-0.15, -0.1) is 22.7 Å². The number of ether oxygens (including phenoxy) is 1. The third-order valence-electron chi connectivity index (χ3n) is 6.49. The van der Waals surface area contributed by atoms with Gasteiger partial charge in [-0.2, -0.15) is 0 Å². The lowest BCUT2D eigenvalue weighted by Crippen LogP contribution is -2.29. The molecular formula is C29H31N5O3S2. The molecule has 10 heteroatoms. The summed E-state index contributed by atoms with van der Waals surface area (Å²) in [5.74, 6) is 1.82. The van der Waals surface area contributed by atoms with Crippen molar-refractivity contribution in [1.82, 2.24) is 20.6 Å². The second-order valence-electron chi connectivity index (χ2n) is 9.80. The Morgan fingerprint density at radius 2 is 1.90 bits per heavy atom. The van der Waals surface area contributed by atoms with Gasteiger partial charge in [0.2, 0.25) is 0 Å². The number of benzene rings is 1. The van der Waals surface area contributed by atoms with Crippen LogP contribution in [0.15, 0.2) is 53.6 Å². The molecule has 0 aliphatic carbocycles. The molecule has 0 fully saturated rings. The van der Waals surface area contributed by atoms with Crippen LogP contribution >= 0.6 is 22.7 Å². The molecule has 0 spiro atoms. The van der Waals surface area contributed by atoms with Crippen LogP contribution in [0.3, 0.4) is 0 Å². The van der Waals surface area contributed by atoms with Crippen LogP contribution in [0.4, 0.5) is 5.82 Å². The van der Waals surface area contributed by atoms with Gasteiger partial charge in [-0.05, 0) is 72.6 Å². The van der Waals surface area contributed by atoms with E-state index in [4.69, 9.17) is 14.7 Å². The van der Waals surface area contributed by atoms with E-state index in [0.29, 0.717) is 24.2 Å². The molecule has 5 rings (SSSR count). The Morgan fingerprint density at radius 1 is 1.10 bits per heavy atom. The molecule has 0 saturated carbocycles. The normalized spacial score (nSPS) is 13.3. The number of carbonyl (C=O) groups excluding carboxylic acids is 2. The quantitative estimate of drug-likeness (QED) is 0.187. The van der Waals surface area contributed by atoms with E-state index in [0.717, 1.165) is 56.4 Å². The third-order valence-corrected chi connectivity index (χ3v) is 8.59. The number of thiophene rings is 2. The second kappa shape index (κ2) is 11.6. The highest BCUT2D eigenvalue weighted by Crippen LogP contribution is 2.43. The van der Waals surface area contributed by atoms with Gasteiger partial charge in [-0.1, -0.05) is 19.9 Å². The molecule has 0 radical (unpaired) electrons. The number of nitrogens with zero attached hydrogens (tertiary/aromatic N) is 3. The summed E-state index contributed by atoms with van der Waals surface area (Å²) in [7, 11) is 1.75. The minimum Gasteiger partial charge on any atom is -0.492 e. The predicted molar refractivity (Wildman–Crippen MR) is 158 cm³/mol. The third kappa shape index (κ3) is 5.88. The summed E-state index contributed by atoms with van der Waals surface area (Å²) in [5, 5.41) is 8.57. The minimum atomic E-state index is -0.439. The molecule has 0 saturated heterocycles. The van der Waals surface area contributed by atoms with Crippen molar-refractivity contribution in [3.8, 4) is 26.9 Å². The maximum Gasteiger partial charge on any atom is 0.274 e. The van der Waals surface area contributed by atoms with Crippen LogP contribution in [0.25, 0.3) is 31.4 Å². The predicted octanol–water partition coefficient (Wildman–Crippen LogP) is 5.39. The van der Waals surface area contributed by atoms with E-state index in [2.05, 4.69) is 36.6 Å². The molecule has 3 aromatic heterocycles. The summed E-state index contributed by atoms with van der Waals surface area (Å²) in [6.07, 6.45) is 2.46. The smallest absolute Gasteiger partial charge is 0.274 e. The lowest BCUT2D eigenvalue weighted by Gasteiger charge is -2.19. The number of aromatic nitrogens is 2. The lowest BCUT2D eigenvalue weighted by atomic mass is 10.1. The zero-order valence-electron chi connectivity index (χ0n) is 22.4. The summed E-state index contributed by atoms with van der Waals surface area (Å²) >= 11 is 3.14. The molecule has 0 atom stereocenters. The molecule has 2 N–H and O–H groups in total. The Kier molecular flexibility index (Phi) is 8.06. The van der Waals surface area contributed by atoms with Gasteiger partial charge in [-0.25, -0.2) is 9.97 Å². The van der Waals surface area contributed by atoms with Crippen molar-refractivity contribution in [1.29, 1.82) is 0 Å². The first kappa shape index (κ1) is 27.0. The summed E-state index contributed by atoms with van der Waals surface area (Å²) < 4.78 is 5.92. The summed E-state index contributed by atoms with van der Waals surface area (Å²) in [4.78, 5) is 38.6. The van der Waals surface area contributed by atoms with Crippen molar-refractivity contribution in [2.75, 3.05) is 31.6 Å². The van der Waals surface area contributed by atoms with Crippen LogP contribution in [0.1, 0.15) is 25.8 Å². The second-order valence-corrected chi connectivity index (χ2v) is 11.7. The van der Waals surface area contributed by atoms with Gasteiger partial charge in [0, 0.05) is 24.5 Å². The van der Waals surface area contributed by atoms with Gasteiger partial charge >= 0.3 is 0 Å². The highest BCUT2D eigenvalue weighted by atomic mass is 32.1. The van der Waals surface area contributed by atoms with E-state index in [9.17, 15) is 9.59 Å². The Hall–Kier alpha value is -3.60. The van der Waals surface area contributed by atoms with E-state index in [1.165, 1.54) is 6.08 Å². The van der Waals surface area contributed by atoms with Crippen LogP contribution in [0.5, 0.6) is 5.75 Å². The number of fused-ring (bicyclic) bond motifs is 1. The first-order valence-electron chi connectivity index (χ1n) is 12.9. The Balaban J connectivity index is 1.44.